The summed E-state index contributed by atoms with van der Waals surface area (Å²) in [6, 6.07) is 8.65. The molecule has 25 heavy (non-hydrogen) atoms. The van der Waals surface area contributed by atoms with Crippen molar-refractivity contribution in [2.45, 2.75) is 6.92 Å². The molecule has 2 rings (SSSR count). The van der Waals surface area contributed by atoms with Gasteiger partial charge in [-0.1, -0.05) is 5.11 Å². The van der Waals surface area contributed by atoms with E-state index in [4.69, 9.17) is 24.2 Å². The van der Waals surface area contributed by atoms with Crippen LogP contribution in [0.3, 0.4) is 0 Å². The fourth-order valence-corrected chi connectivity index (χ4v) is 2.10. The van der Waals surface area contributed by atoms with Gasteiger partial charge >= 0.3 is 5.97 Å². The number of methoxy groups -OCH3 is 2. The van der Waals surface area contributed by atoms with Crippen LogP contribution in [0.15, 0.2) is 45.6 Å². The molecule has 0 spiro atoms. The van der Waals surface area contributed by atoms with Crippen LogP contribution >= 0.6 is 0 Å². The van der Waals surface area contributed by atoms with Crippen LogP contribution in [0.1, 0.15) is 12.7 Å². The number of hydrogen-bond acceptors (Lipinski definition) is 6. The van der Waals surface area contributed by atoms with Gasteiger partial charge in [-0.15, -0.1) is 0 Å². The van der Waals surface area contributed by atoms with Crippen molar-refractivity contribution in [3.63, 3.8) is 0 Å². The number of nitrogens with zero attached hydrogens (tertiary/aromatic N) is 3. The number of benzene rings is 1. The van der Waals surface area contributed by atoms with Crippen LogP contribution in [0.2, 0.25) is 0 Å². The van der Waals surface area contributed by atoms with Gasteiger partial charge in [0, 0.05) is 4.91 Å². The van der Waals surface area contributed by atoms with Gasteiger partial charge < -0.3 is 18.6 Å². The van der Waals surface area contributed by atoms with Crippen LogP contribution in [-0.2, 0) is 9.53 Å². The largest absolute Gasteiger partial charge is 0.497 e. The van der Waals surface area contributed by atoms with E-state index in [2.05, 4.69) is 10.0 Å². The number of hydrogen-bond donors (Lipinski definition) is 0. The van der Waals surface area contributed by atoms with Crippen molar-refractivity contribution in [3.05, 3.63) is 52.2 Å². The molecule has 0 N–H and O–H groups in total. The van der Waals surface area contributed by atoms with Crippen LogP contribution in [0.5, 0.6) is 11.5 Å². The molecule has 1 heterocycles. The Kier molecular flexibility index (Phi) is 6.08. The maximum absolute atomic E-state index is 11.8. The summed E-state index contributed by atoms with van der Waals surface area (Å²) in [6.45, 7) is 1.83. The van der Waals surface area contributed by atoms with Gasteiger partial charge in [-0.3, -0.25) is 0 Å². The van der Waals surface area contributed by atoms with Crippen LogP contribution in [0.25, 0.3) is 27.8 Å². The predicted molar refractivity (Wildman–Crippen MR) is 91.0 cm³/mol. The summed E-state index contributed by atoms with van der Waals surface area (Å²) in [5, 5.41) is 3.34. The molecule has 130 valence electrons. The third kappa shape index (κ3) is 4.33. The summed E-state index contributed by atoms with van der Waals surface area (Å²) in [7, 11) is 3.11. The highest BCUT2D eigenvalue weighted by Gasteiger charge is 2.14. The van der Waals surface area contributed by atoms with Gasteiger partial charge in [0.25, 0.3) is 0 Å². The van der Waals surface area contributed by atoms with E-state index < -0.39 is 5.97 Å². The molecular weight excluding hydrogens is 326 g/mol. The van der Waals surface area contributed by atoms with Crippen molar-refractivity contribution in [2.75, 3.05) is 20.8 Å². The Balaban J connectivity index is 2.41. The lowest BCUT2D eigenvalue weighted by molar-refractivity contribution is -0.138. The normalized spacial score (nSPS) is 10.8. The fourth-order valence-electron chi connectivity index (χ4n) is 2.10. The van der Waals surface area contributed by atoms with E-state index in [9.17, 15) is 4.79 Å². The summed E-state index contributed by atoms with van der Waals surface area (Å²) in [5.74, 6) is 1.36. The molecule has 0 aliphatic carbocycles. The summed E-state index contributed by atoms with van der Waals surface area (Å²) in [6.07, 6.45) is 1.31. The number of rotatable bonds is 7. The second-order valence-corrected chi connectivity index (χ2v) is 4.71. The van der Waals surface area contributed by atoms with Crippen molar-refractivity contribution < 1.29 is 23.4 Å². The van der Waals surface area contributed by atoms with Crippen LogP contribution in [0.4, 0.5) is 0 Å². The maximum Gasteiger partial charge on any atom is 0.340 e. The van der Waals surface area contributed by atoms with Crippen molar-refractivity contribution in [2.24, 2.45) is 5.11 Å². The minimum Gasteiger partial charge on any atom is -0.497 e. The third-order valence-electron chi connectivity index (χ3n) is 3.21. The summed E-state index contributed by atoms with van der Waals surface area (Å²) in [4.78, 5) is 14.4. The molecule has 0 aliphatic rings. The first kappa shape index (κ1) is 18.0. The Bertz CT molecular complexity index is 835. The Labute approximate surface area is 144 Å². The van der Waals surface area contributed by atoms with E-state index in [1.807, 2.05) is 0 Å². The highest BCUT2D eigenvalue weighted by Crippen LogP contribution is 2.34. The quantitative estimate of drug-likeness (QED) is 0.246. The standard InChI is InChI=1S/C17H17N3O5/c1-4-24-17(21)14(19-20-18)10-12-6-8-16(25-12)13-9-11(22-2)5-7-15(13)23-3/h5-10H,4H2,1-3H3/b14-10-. The van der Waals surface area contributed by atoms with Crippen molar-refractivity contribution >= 4 is 12.0 Å². The van der Waals surface area contributed by atoms with Gasteiger partial charge in [0.2, 0.25) is 0 Å². The topological polar surface area (TPSA) is 107 Å². The summed E-state index contributed by atoms with van der Waals surface area (Å²) >= 11 is 0. The number of carbonyl (C=O) groups is 1. The van der Waals surface area contributed by atoms with E-state index in [0.717, 1.165) is 0 Å². The first-order valence-corrected chi connectivity index (χ1v) is 7.39. The van der Waals surface area contributed by atoms with Gasteiger partial charge in [-0.25, -0.2) is 4.79 Å². The Morgan fingerprint density at radius 2 is 2.08 bits per heavy atom. The van der Waals surface area contributed by atoms with Crippen LogP contribution in [0, 0.1) is 0 Å². The Hall–Kier alpha value is -3.38. The Morgan fingerprint density at radius 1 is 1.28 bits per heavy atom. The second kappa shape index (κ2) is 8.47. The van der Waals surface area contributed by atoms with E-state index in [0.29, 0.717) is 28.6 Å². The molecule has 0 bridgehead atoms. The average Bonchev–Trinajstić information content (AvgIpc) is 3.09. The zero-order chi connectivity index (χ0) is 18.2. The van der Waals surface area contributed by atoms with Crippen molar-refractivity contribution in [1.29, 1.82) is 0 Å². The zero-order valence-electron chi connectivity index (χ0n) is 14.1. The molecule has 2 aromatic rings. The number of ether oxygens (including phenoxy) is 3. The molecule has 0 aliphatic heterocycles. The van der Waals surface area contributed by atoms with E-state index >= 15 is 0 Å². The zero-order valence-corrected chi connectivity index (χ0v) is 14.1. The van der Waals surface area contributed by atoms with Gasteiger partial charge in [0.05, 0.1) is 26.4 Å². The number of furan rings is 1. The SMILES string of the molecule is CCOC(=O)/C(=C/c1ccc(-c2cc(OC)ccc2OC)o1)N=[N+]=[N-]. The Morgan fingerprint density at radius 3 is 2.72 bits per heavy atom. The molecule has 0 fully saturated rings. The molecule has 8 heteroatoms. The number of esters is 1. The van der Waals surface area contributed by atoms with Crippen molar-refractivity contribution in [3.8, 4) is 22.8 Å². The molecule has 0 atom stereocenters. The van der Waals surface area contributed by atoms with E-state index in [-0.39, 0.29) is 12.3 Å². The predicted octanol–water partition coefficient (Wildman–Crippen LogP) is 4.18. The van der Waals surface area contributed by atoms with Crippen LogP contribution < -0.4 is 9.47 Å². The van der Waals surface area contributed by atoms with Gasteiger partial charge in [-0.05, 0) is 48.9 Å². The molecule has 0 radical (unpaired) electrons. The fraction of sp³-hybridized carbons (Fsp3) is 0.235. The molecule has 0 unspecified atom stereocenters. The first-order valence-electron chi connectivity index (χ1n) is 7.39. The molecule has 0 amide bonds. The lowest BCUT2D eigenvalue weighted by Gasteiger charge is -2.08. The number of carbonyl (C=O) groups excluding carboxylic acids is 1. The maximum atomic E-state index is 11.8. The lowest BCUT2D eigenvalue weighted by atomic mass is 10.1. The third-order valence-corrected chi connectivity index (χ3v) is 3.21. The van der Waals surface area contributed by atoms with Crippen molar-refractivity contribution in [1.82, 2.24) is 0 Å². The molecular formula is C17H17N3O5. The highest BCUT2D eigenvalue weighted by molar-refractivity contribution is 5.93. The van der Waals surface area contributed by atoms with E-state index in [1.165, 1.54) is 6.08 Å². The first-order chi connectivity index (χ1) is 12.1. The molecule has 0 saturated heterocycles. The molecule has 1 aromatic heterocycles. The van der Waals surface area contributed by atoms with Gasteiger partial charge in [0.15, 0.2) is 0 Å². The van der Waals surface area contributed by atoms with E-state index in [1.54, 1.807) is 51.5 Å². The smallest absolute Gasteiger partial charge is 0.340 e. The van der Waals surface area contributed by atoms with Gasteiger partial charge in [0.1, 0.15) is 28.7 Å². The molecule has 0 saturated carbocycles. The minimum atomic E-state index is -0.725. The number of azide groups is 1. The summed E-state index contributed by atoms with van der Waals surface area (Å²) < 4.78 is 21.1. The highest BCUT2D eigenvalue weighted by atomic mass is 16.5. The second-order valence-electron chi connectivity index (χ2n) is 4.71. The summed E-state index contributed by atoms with van der Waals surface area (Å²) in [5.41, 5.74) is 9.08. The van der Waals surface area contributed by atoms with Crippen LogP contribution in [-0.4, -0.2) is 26.8 Å². The monoisotopic (exact) mass is 343 g/mol. The lowest BCUT2D eigenvalue weighted by Crippen LogP contribution is -2.05. The molecule has 1 aromatic carbocycles. The average molecular weight is 343 g/mol. The molecule has 8 nitrogen and oxygen atoms in total. The van der Waals surface area contributed by atoms with Gasteiger partial charge in [-0.2, -0.15) is 0 Å². The minimum absolute atomic E-state index is 0.168.